The maximum atomic E-state index is 11.1. The molecule has 14 heavy (non-hydrogen) atoms. The summed E-state index contributed by atoms with van der Waals surface area (Å²) in [4.78, 5) is 20.9. The number of carbonyl (C=O) groups is 1. The largest absolute Gasteiger partial charge is 0.464 e. The Bertz CT molecular complexity index is 371. The third kappa shape index (κ3) is 1.70. The summed E-state index contributed by atoms with van der Waals surface area (Å²) in [6, 6.07) is 0. The first kappa shape index (κ1) is 10.2. The Kier molecular flexibility index (Phi) is 2.80. The van der Waals surface area contributed by atoms with E-state index in [1.165, 1.54) is 10.9 Å². The average molecular weight is 199 g/mol. The molecule has 0 aromatic carbocycles. The van der Waals surface area contributed by atoms with Crippen molar-refractivity contribution < 1.29 is 14.5 Å². The number of hydrogen-bond acceptors (Lipinski definition) is 5. The number of rotatable bonds is 3. The van der Waals surface area contributed by atoms with Gasteiger partial charge in [0.05, 0.1) is 12.0 Å². The second-order valence-electron chi connectivity index (χ2n) is 2.47. The predicted molar refractivity (Wildman–Crippen MR) is 45.9 cm³/mol. The number of aromatic nitrogens is 2. The molecule has 0 saturated carbocycles. The van der Waals surface area contributed by atoms with Crippen LogP contribution in [-0.2, 0) is 11.3 Å². The lowest BCUT2D eigenvalue weighted by atomic mass is 10.4. The first-order valence-corrected chi connectivity index (χ1v) is 3.90. The van der Waals surface area contributed by atoms with E-state index < -0.39 is 10.9 Å². The number of ether oxygens (including phenoxy) is 1. The second-order valence-corrected chi connectivity index (χ2v) is 2.47. The summed E-state index contributed by atoms with van der Waals surface area (Å²) in [6.07, 6.45) is 1.20. The van der Waals surface area contributed by atoms with E-state index in [1.54, 1.807) is 6.92 Å². The molecule has 0 spiro atoms. The van der Waals surface area contributed by atoms with Gasteiger partial charge in [-0.05, 0) is 6.92 Å². The van der Waals surface area contributed by atoms with E-state index in [2.05, 4.69) is 9.84 Å². The molecule has 0 saturated heterocycles. The van der Waals surface area contributed by atoms with E-state index in [1.807, 2.05) is 0 Å². The minimum Gasteiger partial charge on any atom is -0.464 e. The monoisotopic (exact) mass is 199 g/mol. The second kappa shape index (κ2) is 3.86. The molecule has 7 heteroatoms. The maximum absolute atomic E-state index is 11.1. The summed E-state index contributed by atoms with van der Waals surface area (Å²) >= 11 is 0. The normalized spacial score (nSPS) is 9.86. The highest BCUT2D eigenvalue weighted by Crippen LogP contribution is 2.17. The lowest BCUT2D eigenvalue weighted by molar-refractivity contribution is -0.385. The van der Waals surface area contributed by atoms with Crippen LogP contribution < -0.4 is 0 Å². The van der Waals surface area contributed by atoms with Crippen LogP contribution in [0.25, 0.3) is 0 Å². The number of methoxy groups -OCH3 is 1. The molecular weight excluding hydrogens is 190 g/mol. The summed E-state index contributed by atoms with van der Waals surface area (Å²) in [5.74, 6) is -0.802. The molecule has 1 aromatic rings. The summed E-state index contributed by atoms with van der Waals surface area (Å²) in [5.41, 5.74) is -0.599. The Morgan fingerprint density at radius 1 is 1.79 bits per heavy atom. The molecule has 0 bridgehead atoms. The Balaban J connectivity index is 3.18. The molecule has 1 heterocycles. The van der Waals surface area contributed by atoms with Crippen molar-refractivity contribution in [2.45, 2.75) is 13.5 Å². The van der Waals surface area contributed by atoms with Gasteiger partial charge in [0, 0.05) is 6.54 Å². The van der Waals surface area contributed by atoms with Crippen LogP contribution >= 0.6 is 0 Å². The maximum Gasteiger partial charge on any atom is 0.365 e. The molecule has 0 radical (unpaired) electrons. The van der Waals surface area contributed by atoms with Gasteiger partial charge in [-0.25, -0.2) is 4.79 Å². The van der Waals surface area contributed by atoms with Crippen molar-refractivity contribution in [2.24, 2.45) is 0 Å². The van der Waals surface area contributed by atoms with Crippen molar-refractivity contribution in [2.75, 3.05) is 7.11 Å². The van der Waals surface area contributed by atoms with E-state index in [-0.39, 0.29) is 11.4 Å². The van der Waals surface area contributed by atoms with Gasteiger partial charge in [0.15, 0.2) is 0 Å². The van der Waals surface area contributed by atoms with Crippen LogP contribution in [0.3, 0.4) is 0 Å². The van der Waals surface area contributed by atoms with Gasteiger partial charge < -0.3 is 4.74 Å². The van der Waals surface area contributed by atoms with E-state index in [9.17, 15) is 14.9 Å². The molecule has 0 amide bonds. The molecule has 0 N–H and O–H groups in total. The number of aryl methyl sites for hydroxylation is 1. The fraction of sp³-hybridized carbons (Fsp3) is 0.429. The smallest absolute Gasteiger partial charge is 0.365 e. The lowest BCUT2D eigenvalue weighted by Crippen LogP contribution is -2.06. The number of hydrogen-bond donors (Lipinski definition) is 0. The van der Waals surface area contributed by atoms with Crippen LogP contribution in [0.1, 0.15) is 17.4 Å². The van der Waals surface area contributed by atoms with E-state index >= 15 is 0 Å². The zero-order valence-electron chi connectivity index (χ0n) is 7.76. The third-order valence-electron chi connectivity index (χ3n) is 1.64. The van der Waals surface area contributed by atoms with Crippen LogP contribution in [0.15, 0.2) is 6.20 Å². The first-order chi connectivity index (χ1) is 6.60. The molecule has 0 aliphatic rings. The summed E-state index contributed by atoms with van der Waals surface area (Å²) in [7, 11) is 1.15. The molecule has 1 aromatic heterocycles. The van der Waals surface area contributed by atoms with Crippen LogP contribution in [0.2, 0.25) is 0 Å². The molecule has 0 unspecified atom stereocenters. The topological polar surface area (TPSA) is 87.3 Å². The third-order valence-corrected chi connectivity index (χ3v) is 1.64. The van der Waals surface area contributed by atoms with Gasteiger partial charge >= 0.3 is 11.7 Å². The summed E-state index contributed by atoms with van der Waals surface area (Å²) in [5, 5.41) is 14.2. The molecule has 7 nitrogen and oxygen atoms in total. The first-order valence-electron chi connectivity index (χ1n) is 3.90. The molecule has 0 atom stereocenters. The highest BCUT2D eigenvalue weighted by molar-refractivity contribution is 5.91. The minimum atomic E-state index is -0.802. The highest BCUT2D eigenvalue weighted by Gasteiger charge is 2.25. The van der Waals surface area contributed by atoms with Gasteiger partial charge in [-0.3, -0.25) is 14.8 Å². The van der Waals surface area contributed by atoms with Gasteiger partial charge in [-0.2, -0.15) is 5.10 Å². The Morgan fingerprint density at radius 3 is 2.86 bits per heavy atom. The van der Waals surface area contributed by atoms with Gasteiger partial charge in [0.2, 0.25) is 5.69 Å². The van der Waals surface area contributed by atoms with Crippen LogP contribution in [-0.4, -0.2) is 27.8 Å². The van der Waals surface area contributed by atoms with Crippen LogP contribution in [0.4, 0.5) is 5.69 Å². The average Bonchev–Trinajstić information content (AvgIpc) is 2.60. The fourth-order valence-corrected chi connectivity index (χ4v) is 0.949. The predicted octanol–water partition coefficient (Wildman–Crippen LogP) is 0.598. The van der Waals surface area contributed by atoms with Crippen molar-refractivity contribution in [3.63, 3.8) is 0 Å². The van der Waals surface area contributed by atoms with Gasteiger partial charge in [-0.1, -0.05) is 0 Å². The Labute approximate surface area is 79.4 Å². The van der Waals surface area contributed by atoms with Crippen LogP contribution in [0, 0.1) is 10.1 Å². The van der Waals surface area contributed by atoms with Crippen molar-refractivity contribution in [3.05, 3.63) is 22.0 Å². The zero-order chi connectivity index (χ0) is 10.7. The zero-order valence-corrected chi connectivity index (χ0v) is 7.76. The van der Waals surface area contributed by atoms with Crippen molar-refractivity contribution >= 4 is 11.7 Å². The van der Waals surface area contributed by atoms with E-state index in [4.69, 9.17) is 0 Å². The van der Waals surface area contributed by atoms with Gasteiger partial charge in [0.25, 0.3) is 0 Å². The summed E-state index contributed by atoms with van der Waals surface area (Å²) < 4.78 is 5.68. The lowest BCUT2D eigenvalue weighted by Gasteiger charge is -1.92. The SMILES string of the molecule is CCn1cc([N+](=O)[O-])c(C(=O)OC)n1. The fourth-order valence-electron chi connectivity index (χ4n) is 0.949. The molecular formula is C7H9N3O4. The Hall–Kier alpha value is -1.92. The molecule has 0 aliphatic heterocycles. The number of nitrogens with zero attached hydrogens (tertiary/aromatic N) is 3. The van der Waals surface area contributed by atoms with Crippen molar-refractivity contribution in [3.8, 4) is 0 Å². The molecule has 1 rings (SSSR count). The van der Waals surface area contributed by atoms with E-state index in [0.717, 1.165) is 7.11 Å². The number of carbonyl (C=O) groups excluding carboxylic acids is 1. The highest BCUT2D eigenvalue weighted by atomic mass is 16.6. The van der Waals surface area contributed by atoms with E-state index in [0.29, 0.717) is 6.54 Å². The quantitative estimate of drug-likeness (QED) is 0.404. The minimum absolute atomic E-state index is 0.264. The van der Waals surface area contributed by atoms with Crippen molar-refractivity contribution in [1.29, 1.82) is 0 Å². The molecule has 76 valence electrons. The molecule has 0 fully saturated rings. The Morgan fingerprint density at radius 2 is 2.43 bits per heavy atom. The number of esters is 1. The van der Waals surface area contributed by atoms with Crippen molar-refractivity contribution in [1.82, 2.24) is 9.78 Å². The van der Waals surface area contributed by atoms with Crippen LogP contribution in [0.5, 0.6) is 0 Å². The standard InChI is InChI=1S/C7H9N3O4/c1-3-9-4-5(10(12)13)6(8-9)7(11)14-2/h4H,3H2,1-2H3. The summed E-state index contributed by atoms with van der Waals surface area (Å²) in [6.45, 7) is 2.22. The van der Waals surface area contributed by atoms with Gasteiger partial charge in [-0.15, -0.1) is 0 Å². The molecule has 0 aliphatic carbocycles. The number of nitro groups is 1. The van der Waals surface area contributed by atoms with Gasteiger partial charge in [0.1, 0.15) is 6.20 Å².